The summed E-state index contributed by atoms with van der Waals surface area (Å²) >= 11 is 12.6. The van der Waals surface area contributed by atoms with Gasteiger partial charge in [0.25, 0.3) is 0 Å². The SMILES string of the molecule is O=C(CC12CC(F)(C1)C2)N(CC12CCC(c3nc(C4CC4)no3)(CC1)CC2)c1cccc(-c2cc(Cl)cc(Cl)c2)c1. The minimum Gasteiger partial charge on any atom is -0.339 e. The third kappa shape index (κ3) is 4.52. The van der Waals surface area contributed by atoms with Crippen LogP contribution in [0.25, 0.3) is 11.1 Å². The van der Waals surface area contributed by atoms with E-state index in [2.05, 4.69) is 11.2 Å². The van der Waals surface area contributed by atoms with Crippen molar-refractivity contribution in [3.8, 4) is 11.1 Å². The van der Waals surface area contributed by atoms with Gasteiger partial charge in [-0.1, -0.05) is 40.5 Å². The van der Waals surface area contributed by atoms with Crippen molar-refractivity contribution in [1.29, 1.82) is 0 Å². The van der Waals surface area contributed by atoms with E-state index in [1.54, 1.807) is 6.07 Å². The Morgan fingerprint density at radius 3 is 2.24 bits per heavy atom. The number of carbonyl (C=O) groups is 1. The van der Waals surface area contributed by atoms with Gasteiger partial charge in [0.15, 0.2) is 5.82 Å². The summed E-state index contributed by atoms with van der Waals surface area (Å²) in [5.74, 6) is 2.31. The summed E-state index contributed by atoms with van der Waals surface area (Å²) < 4.78 is 20.2. The zero-order valence-corrected chi connectivity index (χ0v) is 24.6. The Balaban J connectivity index is 1.06. The van der Waals surface area contributed by atoms with Gasteiger partial charge < -0.3 is 9.42 Å². The molecule has 214 valence electrons. The first kappa shape index (κ1) is 26.2. The van der Waals surface area contributed by atoms with E-state index in [4.69, 9.17) is 32.7 Å². The molecular formula is C33H34Cl2FN3O2. The van der Waals surface area contributed by atoms with Crippen LogP contribution in [0, 0.1) is 10.8 Å². The van der Waals surface area contributed by atoms with E-state index in [9.17, 15) is 9.18 Å². The lowest BCUT2D eigenvalue weighted by Crippen LogP contribution is -2.65. The van der Waals surface area contributed by atoms with Gasteiger partial charge in [-0.3, -0.25) is 4.79 Å². The summed E-state index contributed by atoms with van der Waals surface area (Å²) in [5.41, 5.74) is 1.62. The summed E-state index contributed by atoms with van der Waals surface area (Å²) in [6, 6.07) is 13.6. The molecule has 4 bridgehead atoms. The van der Waals surface area contributed by atoms with E-state index in [-0.39, 0.29) is 22.2 Å². The van der Waals surface area contributed by atoms with Crippen molar-refractivity contribution in [3.63, 3.8) is 0 Å². The molecule has 3 aromatic rings. The first-order chi connectivity index (χ1) is 19.7. The highest BCUT2D eigenvalue weighted by Gasteiger charge is 2.69. The van der Waals surface area contributed by atoms with Crippen LogP contribution in [0.2, 0.25) is 10.0 Å². The van der Waals surface area contributed by atoms with Gasteiger partial charge in [0.1, 0.15) is 5.67 Å². The molecule has 7 aliphatic carbocycles. The number of carbonyl (C=O) groups excluding carboxylic acids is 1. The number of anilines is 1. The summed E-state index contributed by atoms with van der Waals surface area (Å²) in [7, 11) is 0. The number of rotatable bonds is 8. The molecule has 2 aromatic carbocycles. The number of hydrogen-bond donors (Lipinski definition) is 0. The van der Waals surface area contributed by atoms with Crippen LogP contribution >= 0.6 is 23.2 Å². The van der Waals surface area contributed by atoms with Crippen LogP contribution in [0.15, 0.2) is 47.0 Å². The Morgan fingerprint density at radius 1 is 0.927 bits per heavy atom. The molecule has 0 atom stereocenters. The highest BCUT2D eigenvalue weighted by atomic mass is 35.5. The molecular weight excluding hydrogens is 560 g/mol. The van der Waals surface area contributed by atoms with Crippen LogP contribution in [-0.4, -0.2) is 28.3 Å². The molecule has 1 aromatic heterocycles. The molecule has 7 saturated carbocycles. The number of nitrogens with zero attached hydrogens (tertiary/aromatic N) is 3. The predicted octanol–water partition coefficient (Wildman–Crippen LogP) is 8.83. The summed E-state index contributed by atoms with van der Waals surface area (Å²) in [4.78, 5) is 20.9. The van der Waals surface area contributed by atoms with Gasteiger partial charge in [-0.15, -0.1) is 0 Å². The molecule has 1 heterocycles. The number of amides is 1. The minimum absolute atomic E-state index is 0.0240. The van der Waals surface area contributed by atoms with E-state index < -0.39 is 5.67 Å². The molecule has 0 radical (unpaired) electrons. The zero-order chi connectivity index (χ0) is 28.0. The number of alkyl halides is 1. The first-order valence-electron chi connectivity index (χ1n) is 15.1. The maximum atomic E-state index is 14.4. The number of benzene rings is 2. The van der Waals surface area contributed by atoms with Crippen LogP contribution in [0.3, 0.4) is 0 Å². The maximum Gasteiger partial charge on any atom is 0.232 e. The molecule has 41 heavy (non-hydrogen) atoms. The Bertz CT molecular complexity index is 1480. The number of aromatic nitrogens is 2. The van der Waals surface area contributed by atoms with Crippen molar-refractivity contribution < 1.29 is 13.7 Å². The van der Waals surface area contributed by atoms with Gasteiger partial charge in [-0.25, -0.2) is 4.39 Å². The van der Waals surface area contributed by atoms with Crippen molar-refractivity contribution in [2.24, 2.45) is 10.8 Å². The second-order valence-corrected chi connectivity index (χ2v) is 14.9. The van der Waals surface area contributed by atoms with E-state index in [0.717, 1.165) is 79.9 Å². The van der Waals surface area contributed by atoms with Gasteiger partial charge in [-0.2, -0.15) is 4.98 Å². The Hall–Kier alpha value is -2.44. The quantitative estimate of drug-likeness (QED) is 0.262. The number of halogens is 3. The molecule has 0 saturated heterocycles. The number of hydrogen-bond acceptors (Lipinski definition) is 4. The summed E-state index contributed by atoms with van der Waals surface area (Å²) in [6.45, 7) is 0.676. The fourth-order valence-corrected chi connectivity index (χ4v) is 9.00. The Labute approximate surface area is 249 Å². The Morgan fingerprint density at radius 2 is 1.61 bits per heavy atom. The van der Waals surface area contributed by atoms with Crippen molar-refractivity contribution in [1.82, 2.24) is 10.1 Å². The molecule has 0 unspecified atom stereocenters. The lowest BCUT2D eigenvalue weighted by molar-refractivity contribution is -0.215. The largest absolute Gasteiger partial charge is 0.339 e. The molecule has 7 aliphatic rings. The van der Waals surface area contributed by atoms with Crippen molar-refractivity contribution in [2.45, 2.75) is 94.1 Å². The molecule has 10 rings (SSSR count). The highest BCUT2D eigenvalue weighted by molar-refractivity contribution is 6.35. The van der Waals surface area contributed by atoms with Gasteiger partial charge in [0.05, 0.1) is 0 Å². The van der Waals surface area contributed by atoms with Gasteiger partial charge in [0, 0.05) is 40.0 Å². The number of fused-ring (bicyclic) bond motifs is 3. The van der Waals surface area contributed by atoms with Crippen LogP contribution in [-0.2, 0) is 10.2 Å². The third-order valence-electron chi connectivity index (χ3n) is 11.0. The van der Waals surface area contributed by atoms with E-state index in [1.807, 2.05) is 35.2 Å². The maximum absolute atomic E-state index is 14.4. The molecule has 8 heteroatoms. The average molecular weight is 595 g/mol. The third-order valence-corrected chi connectivity index (χ3v) is 11.4. The van der Waals surface area contributed by atoms with Crippen LogP contribution in [0.4, 0.5) is 10.1 Å². The van der Waals surface area contributed by atoms with Gasteiger partial charge in [0.2, 0.25) is 11.8 Å². The average Bonchev–Trinajstić information content (AvgIpc) is 3.66. The fraction of sp³-hybridized carbons (Fsp3) is 0.545. The second-order valence-electron chi connectivity index (χ2n) is 14.1. The normalized spacial score (nSPS) is 33.2. The lowest BCUT2D eigenvalue weighted by atomic mass is 9.41. The predicted molar refractivity (Wildman–Crippen MR) is 157 cm³/mol. The molecule has 0 spiro atoms. The summed E-state index contributed by atoms with van der Waals surface area (Å²) in [6.07, 6.45) is 10.4. The van der Waals surface area contributed by atoms with Crippen molar-refractivity contribution >= 4 is 34.8 Å². The summed E-state index contributed by atoms with van der Waals surface area (Å²) in [5, 5.41) is 5.46. The molecule has 5 nitrogen and oxygen atoms in total. The lowest BCUT2D eigenvalue weighted by Gasteiger charge is -2.66. The van der Waals surface area contributed by atoms with Gasteiger partial charge >= 0.3 is 0 Å². The van der Waals surface area contributed by atoms with Crippen LogP contribution < -0.4 is 4.90 Å². The first-order valence-corrected chi connectivity index (χ1v) is 15.8. The Kier molecular flexibility index (Phi) is 5.77. The van der Waals surface area contributed by atoms with Gasteiger partial charge in [-0.05, 0) is 123 Å². The fourth-order valence-electron chi connectivity index (χ4n) is 8.48. The van der Waals surface area contributed by atoms with Crippen LogP contribution in [0.5, 0.6) is 0 Å². The standard InChI is InChI=1S/C33H34Cl2FN3O2/c34-24-12-23(13-25(35)15-24)22-2-1-3-26(14-22)39(27(40)16-31-17-33(36,18-31)19-31)20-30-6-9-32(10-7-30,11-8-30)29-37-28(38-41-29)21-4-5-21/h1-3,12-15,21H,4-11,16-20H2. The molecule has 7 fully saturated rings. The molecule has 1 amide bonds. The van der Waals surface area contributed by atoms with E-state index in [1.165, 1.54) is 0 Å². The van der Waals surface area contributed by atoms with Crippen molar-refractivity contribution in [2.75, 3.05) is 11.4 Å². The minimum atomic E-state index is -1.01. The topological polar surface area (TPSA) is 59.2 Å². The highest BCUT2D eigenvalue weighted by Crippen LogP contribution is 2.71. The van der Waals surface area contributed by atoms with E-state index >= 15 is 0 Å². The van der Waals surface area contributed by atoms with E-state index in [0.29, 0.717) is 48.2 Å². The van der Waals surface area contributed by atoms with Crippen LogP contribution in [0.1, 0.15) is 94.7 Å². The molecule has 0 N–H and O–H groups in total. The smallest absolute Gasteiger partial charge is 0.232 e. The molecule has 0 aliphatic heterocycles. The zero-order valence-electron chi connectivity index (χ0n) is 23.1. The monoisotopic (exact) mass is 593 g/mol. The second kappa shape index (κ2) is 9.03. The van der Waals surface area contributed by atoms with Crippen molar-refractivity contribution in [3.05, 3.63) is 64.2 Å².